The van der Waals surface area contributed by atoms with E-state index in [1.165, 1.54) is 12.8 Å². The fourth-order valence-electron chi connectivity index (χ4n) is 1.69. The van der Waals surface area contributed by atoms with Crippen LogP contribution in [0.3, 0.4) is 0 Å². The van der Waals surface area contributed by atoms with Crippen LogP contribution in [0.25, 0.3) is 0 Å². The van der Waals surface area contributed by atoms with Crippen molar-refractivity contribution in [1.82, 2.24) is 10.2 Å². The second-order valence-electron chi connectivity index (χ2n) is 4.32. The highest BCUT2D eigenvalue weighted by molar-refractivity contribution is 5.77. The Hall–Kier alpha value is -0.610. The lowest BCUT2D eigenvalue weighted by atomic mass is 10.3. The van der Waals surface area contributed by atoms with Crippen LogP contribution < -0.4 is 11.1 Å². The van der Waals surface area contributed by atoms with Crippen LogP contribution in [0.15, 0.2) is 0 Å². The van der Waals surface area contributed by atoms with Gasteiger partial charge in [-0.1, -0.05) is 6.92 Å². The highest BCUT2D eigenvalue weighted by Gasteiger charge is 2.24. The van der Waals surface area contributed by atoms with Crippen molar-refractivity contribution < 1.29 is 4.79 Å². The summed E-state index contributed by atoms with van der Waals surface area (Å²) < 4.78 is 0. The molecule has 1 amide bonds. The molecule has 0 radical (unpaired) electrons. The summed E-state index contributed by atoms with van der Waals surface area (Å²) in [7, 11) is 0. The van der Waals surface area contributed by atoms with Crippen molar-refractivity contribution in [3.05, 3.63) is 0 Å². The fraction of sp³-hybridized carbons (Fsp3) is 0.909. The van der Waals surface area contributed by atoms with E-state index in [1.807, 2.05) is 0 Å². The number of amides is 1. The van der Waals surface area contributed by atoms with Gasteiger partial charge in [-0.3, -0.25) is 9.69 Å². The molecule has 1 saturated carbocycles. The molecular formula is C11H23N3O. The predicted octanol–water partition coefficient (Wildman–Crippen LogP) is 0.183. The first-order chi connectivity index (χ1) is 7.26. The Kier molecular flexibility index (Phi) is 5.65. The zero-order chi connectivity index (χ0) is 11.1. The minimum atomic E-state index is 0.106. The van der Waals surface area contributed by atoms with Crippen LogP contribution in [0, 0.1) is 5.92 Å². The van der Waals surface area contributed by atoms with Gasteiger partial charge in [-0.05, 0) is 31.7 Å². The summed E-state index contributed by atoms with van der Waals surface area (Å²) in [6, 6.07) is 0. The fourth-order valence-corrected chi connectivity index (χ4v) is 1.69. The molecule has 0 aromatic carbocycles. The summed E-state index contributed by atoms with van der Waals surface area (Å²) in [5.41, 5.74) is 5.33. The Morgan fingerprint density at radius 3 is 2.80 bits per heavy atom. The van der Waals surface area contributed by atoms with Gasteiger partial charge in [0, 0.05) is 19.6 Å². The van der Waals surface area contributed by atoms with Crippen molar-refractivity contribution >= 4 is 5.91 Å². The van der Waals surface area contributed by atoms with E-state index in [1.54, 1.807) is 0 Å². The average Bonchev–Trinajstić information content (AvgIpc) is 2.99. The standard InChI is InChI=1S/C11H23N3O/c1-2-7-14(8-10-3-4-10)9-11(15)13-6-5-12/h10H,2-9,12H2,1H3,(H,13,15). The molecule has 88 valence electrons. The second kappa shape index (κ2) is 6.80. The van der Waals surface area contributed by atoms with Gasteiger partial charge in [0.25, 0.3) is 0 Å². The van der Waals surface area contributed by atoms with Gasteiger partial charge in [0.05, 0.1) is 6.54 Å². The number of rotatable bonds is 8. The summed E-state index contributed by atoms with van der Waals surface area (Å²) >= 11 is 0. The van der Waals surface area contributed by atoms with Gasteiger partial charge in [0.1, 0.15) is 0 Å². The first-order valence-electron chi connectivity index (χ1n) is 5.95. The van der Waals surface area contributed by atoms with E-state index in [2.05, 4.69) is 17.1 Å². The monoisotopic (exact) mass is 213 g/mol. The summed E-state index contributed by atoms with van der Waals surface area (Å²) in [6.45, 7) is 5.89. The van der Waals surface area contributed by atoms with Crippen LogP contribution in [0.4, 0.5) is 0 Å². The van der Waals surface area contributed by atoms with E-state index >= 15 is 0 Å². The zero-order valence-corrected chi connectivity index (χ0v) is 9.67. The van der Waals surface area contributed by atoms with E-state index in [0.29, 0.717) is 19.6 Å². The zero-order valence-electron chi connectivity index (χ0n) is 9.67. The molecule has 15 heavy (non-hydrogen) atoms. The number of hydrogen-bond donors (Lipinski definition) is 2. The maximum atomic E-state index is 11.5. The number of nitrogens with two attached hydrogens (primary N) is 1. The molecule has 0 bridgehead atoms. The maximum absolute atomic E-state index is 11.5. The Bertz CT molecular complexity index is 192. The van der Waals surface area contributed by atoms with Gasteiger partial charge in [-0.2, -0.15) is 0 Å². The minimum absolute atomic E-state index is 0.106. The van der Waals surface area contributed by atoms with Gasteiger partial charge < -0.3 is 11.1 Å². The lowest BCUT2D eigenvalue weighted by Crippen LogP contribution is -2.40. The van der Waals surface area contributed by atoms with Crippen molar-refractivity contribution in [2.24, 2.45) is 11.7 Å². The third kappa shape index (κ3) is 5.74. The quantitative estimate of drug-likeness (QED) is 0.605. The van der Waals surface area contributed by atoms with E-state index < -0.39 is 0 Å². The van der Waals surface area contributed by atoms with Gasteiger partial charge in [-0.25, -0.2) is 0 Å². The molecule has 1 aliphatic carbocycles. The largest absolute Gasteiger partial charge is 0.354 e. The number of nitrogens with one attached hydrogen (secondary N) is 1. The van der Waals surface area contributed by atoms with Gasteiger partial charge in [0.15, 0.2) is 0 Å². The first kappa shape index (κ1) is 12.5. The topological polar surface area (TPSA) is 58.4 Å². The molecule has 0 spiro atoms. The van der Waals surface area contributed by atoms with Crippen molar-refractivity contribution in [3.63, 3.8) is 0 Å². The maximum Gasteiger partial charge on any atom is 0.234 e. The molecule has 1 rings (SSSR count). The highest BCUT2D eigenvalue weighted by Crippen LogP contribution is 2.29. The predicted molar refractivity (Wildman–Crippen MR) is 61.5 cm³/mol. The number of hydrogen-bond acceptors (Lipinski definition) is 3. The van der Waals surface area contributed by atoms with Crippen molar-refractivity contribution in [1.29, 1.82) is 0 Å². The van der Waals surface area contributed by atoms with Crippen LogP contribution in [0.2, 0.25) is 0 Å². The van der Waals surface area contributed by atoms with Crippen LogP contribution >= 0.6 is 0 Å². The van der Waals surface area contributed by atoms with Crippen LogP contribution in [0.1, 0.15) is 26.2 Å². The van der Waals surface area contributed by atoms with Crippen molar-refractivity contribution in [2.75, 3.05) is 32.7 Å². The van der Waals surface area contributed by atoms with Gasteiger partial charge in [0.2, 0.25) is 5.91 Å². The highest BCUT2D eigenvalue weighted by atomic mass is 16.2. The Labute approximate surface area is 92.2 Å². The van der Waals surface area contributed by atoms with E-state index in [0.717, 1.165) is 25.4 Å². The summed E-state index contributed by atoms with van der Waals surface area (Å²) in [4.78, 5) is 13.7. The molecule has 0 saturated heterocycles. The molecule has 1 fully saturated rings. The van der Waals surface area contributed by atoms with E-state index in [9.17, 15) is 4.79 Å². The Morgan fingerprint density at radius 1 is 1.53 bits per heavy atom. The number of nitrogens with zero attached hydrogens (tertiary/aromatic N) is 1. The van der Waals surface area contributed by atoms with E-state index in [-0.39, 0.29) is 5.91 Å². The summed E-state index contributed by atoms with van der Waals surface area (Å²) in [5.74, 6) is 0.952. The van der Waals surface area contributed by atoms with Crippen LogP contribution in [0.5, 0.6) is 0 Å². The SMILES string of the molecule is CCCN(CC(=O)NCCN)CC1CC1. The molecule has 4 nitrogen and oxygen atoms in total. The molecule has 4 heteroatoms. The number of carbonyl (C=O) groups excluding carboxylic acids is 1. The third-order valence-electron chi connectivity index (χ3n) is 2.59. The Balaban J connectivity index is 2.18. The normalized spacial score (nSPS) is 15.7. The van der Waals surface area contributed by atoms with Crippen molar-refractivity contribution in [2.45, 2.75) is 26.2 Å². The van der Waals surface area contributed by atoms with Gasteiger partial charge >= 0.3 is 0 Å². The van der Waals surface area contributed by atoms with Crippen molar-refractivity contribution in [3.8, 4) is 0 Å². The smallest absolute Gasteiger partial charge is 0.234 e. The molecule has 0 aromatic rings. The molecule has 0 unspecified atom stereocenters. The van der Waals surface area contributed by atoms with Crippen LogP contribution in [-0.4, -0.2) is 43.5 Å². The first-order valence-corrected chi connectivity index (χ1v) is 5.95. The molecule has 0 atom stereocenters. The average molecular weight is 213 g/mol. The molecule has 0 heterocycles. The number of carbonyl (C=O) groups is 1. The third-order valence-corrected chi connectivity index (χ3v) is 2.59. The van der Waals surface area contributed by atoms with Gasteiger partial charge in [-0.15, -0.1) is 0 Å². The second-order valence-corrected chi connectivity index (χ2v) is 4.32. The molecule has 3 N–H and O–H groups in total. The molecule has 0 aliphatic heterocycles. The lowest BCUT2D eigenvalue weighted by Gasteiger charge is -2.20. The van der Waals surface area contributed by atoms with E-state index in [4.69, 9.17) is 5.73 Å². The molecule has 1 aliphatic rings. The lowest BCUT2D eigenvalue weighted by molar-refractivity contribution is -0.122. The van der Waals surface area contributed by atoms with Crippen LogP contribution in [-0.2, 0) is 4.79 Å². The summed E-state index contributed by atoms with van der Waals surface area (Å²) in [6.07, 6.45) is 3.78. The summed E-state index contributed by atoms with van der Waals surface area (Å²) in [5, 5.41) is 2.81. The molecule has 0 aromatic heterocycles. The minimum Gasteiger partial charge on any atom is -0.354 e. The molecular weight excluding hydrogens is 190 g/mol. The Morgan fingerprint density at radius 2 is 2.27 bits per heavy atom.